The van der Waals surface area contributed by atoms with Crippen LogP contribution in [0.4, 0.5) is 0 Å². The Morgan fingerprint density at radius 2 is 2.09 bits per heavy atom. The number of fused-ring (bicyclic) bond motifs is 2. The van der Waals surface area contributed by atoms with Crippen LogP contribution in [0.3, 0.4) is 0 Å². The van der Waals surface area contributed by atoms with Crippen LogP contribution in [0.2, 0.25) is 0 Å². The van der Waals surface area contributed by atoms with Crippen LogP contribution in [0.5, 0.6) is 0 Å². The minimum atomic E-state index is -0.614. The van der Waals surface area contributed by atoms with Gasteiger partial charge in [0.1, 0.15) is 0 Å². The van der Waals surface area contributed by atoms with Crippen molar-refractivity contribution >= 4 is 0 Å². The van der Waals surface area contributed by atoms with Gasteiger partial charge < -0.3 is 5.11 Å². The molecule has 0 heterocycles. The van der Waals surface area contributed by atoms with Gasteiger partial charge in [-0.2, -0.15) is 0 Å². The first-order chi connectivity index (χ1) is 5.07. The molecule has 2 aliphatic carbocycles. The zero-order valence-corrected chi connectivity index (χ0v) is 7.15. The molecule has 0 aromatic carbocycles. The van der Waals surface area contributed by atoms with E-state index in [-0.39, 0.29) is 0 Å². The maximum atomic E-state index is 9.74. The number of hydrogen-bond donors (Lipinski definition) is 1. The molecule has 0 aromatic heterocycles. The highest BCUT2D eigenvalue weighted by Crippen LogP contribution is 2.42. The Morgan fingerprint density at radius 3 is 2.36 bits per heavy atom. The van der Waals surface area contributed by atoms with Crippen molar-refractivity contribution in [2.75, 3.05) is 0 Å². The number of rotatable bonds is 1. The summed E-state index contributed by atoms with van der Waals surface area (Å²) in [4.78, 5) is 0. The molecule has 0 amide bonds. The summed E-state index contributed by atoms with van der Waals surface area (Å²) >= 11 is 0. The normalized spacial score (nSPS) is 23.0. The molecule has 1 saturated carbocycles. The van der Waals surface area contributed by atoms with E-state index in [1.54, 1.807) is 0 Å². The Hall–Kier alpha value is -0.560. The predicted molar refractivity (Wildman–Crippen MR) is 45.3 cm³/mol. The summed E-state index contributed by atoms with van der Waals surface area (Å²) in [6.45, 7) is 3.74. The van der Waals surface area contributed by atoms with Crippen LogP contribution in [-0.2, 0) is 0 Å². The lowest BCUT2D eigenvalue weighted by Gasteiger charge is -2.20. The molecule has 60 valence electrons. The van der Waals surface area contributed by atoms with Crippen molar-refractivity contribution in [1.82, 2.24) is 0 Å². The average molecular weight is 150 g/mol. The third-order valence-electron chi connectivity index (χ3n) is 2.58. The Morgan fingerprint density at radius 1 is 1.36 bits per heavy atom. The first kappa shape index (κ1) is 7.11. The fourth-order valence-electron chi connectivity index (χ4n) is 2.03. The third kappa shape index (κ3) is 1.04. The number of aliphatic hydroxyl groups is 1. The maximum absolute atomic E-state index is 9.74. The Kier molecular flexibility index (Phi) is 1.28. The van der Waals surface area contributed by atoms with E-state index in [4.69, 9.17) is 0 Å². The van der Waals surface area contributed by atoms with E-state index in [0.717, 1.165) is 6.42 Å². The van der Waals surface area contributed by atoms with Gasteiger partial charge in [0, 0.05) is 0 Å². The van der Waals surface area contributed by atoms with Crippen LogP contribution in [0.15, 0.2) is 22.8 Å². The summed E-state index contributed by atoms with van der Waals surface area (Å²) in [6.07, 6.45) is 5.73. The highest BCUT2D eigenvalue weighted by molar-refractivity contribution is 5.47. The third-order valence-corrected chi connectivity index (χ3v) is 2.58. The van der Waals surface area contributed by atoms with Crippen molar-refractivity contribution in [1.29, 1.82) is 0 Å². The smallest absolute Gasteiger partial charge is 0.0840 e. The molecule has 2 bridgehead atoms. The van der Waals surface area contributed by atoms with E-state index in [1.807, 2.05) is 13.8 Å². The highest BCUT2D eigenvalue weighted by atomic mass is 16.3. The van der Waals surface area contributed by atoms with E-state index in [1.165, 1.54) is 29.6 Å². The van der Waals surface area contributed by atoms with Gasteiger partial charge in [-0.3, -0.25) is 0 Å². The van der Waals surface area contributed by atoms with Crippen molar-refractivity contribution in [3.63, 3.8) is 0 Å². The molecule has 0 aromatic rings. The van der Waals surface area contributed by atoms with Crippen LogP contribution in [0, 0.1) is 0 Å². The zero-order chi connectivity index (χ0) is 8.06. The predicted octanol–water partition coefficient (Wildman–Crippen LogP) is 2.18. The van der Waals surface area contributed by atoms with Gasteiger partial charge in [-0.1, -0.05) is 17.2 Å². The van der Waals surface area contributed by atoms with Gasteiger partial charge in [-0.05, 0) is 38.7 Å². The van der Waals surface area contributed by atoms with Crippen LogP contribution < -0.4 is 0 Å². The number of allylic oxidation sites excluding steroid dienone is 2. The molecule has 0 atom stereocenters. The van der Waals surface area contributed by atoms with Gasteiger partial charge in [0.2, 0.25) is 0 Å². The maximum Gasteiger partial charge on any atom is 0.0840 e. The lowest BCUT2D eigenvalue weighted by atomic mass is 9.93. The fraction of sp³-hybridized carbons (Fsp3) is 0.600. The molecule has 0 saturated heterocycles. The molecule has 0 unspecified atom stereocenters. The van der Waals surface area contributed by atoms with Gasteiger partial charge in [0.05, 0.1) is 5.60 Å². The molecule has 1 N–H and O–H groups in total. The second-order valence-electron chi connectivity index (χ2n) is 4.06. The van der Waals surface area contributed by atoms with E-state index in [0.29, 0.717) is 0 Å². The van der Waals surface area contributed by atoms with Crippen LogP contribution in [-0.4, -0.2) is 10.7 Å². The summed E-state index contributed by atoms with van der Waals surface area (Å²) in [5.41, 5.74) is 3.54. The molecule has 1 nitrogen and oxygen atoms in total. The molecule has 1 heteroatoms. The van der Waals surface area contributed by atoms with Gasteiger partial charge >= 0.3 is 0 Å². The summed E-state index contributed by atoms with van der Waals surface area (Å²) in [5.74, 6) is 0. The largest absolute Gasteiger partial charge is 0.386 e. The van der Waals surface area contributed by atoms with Crippen molar-refractivity contribution < 1.29 is 5.11 Å². The molecule has 0 aliphatic heterocycles. The van der Waals surface area contributed by atoms with Crippen LogP contribution in [0.25, 0.3) is 0 Å². The van der Waals surface area contributed by atoms with E-state index >= 15 is 0 Å². The van der Waals surface area contributed by atoms with E-state index in [2.05, 4.69) is 6.08 Å². The van der Waals surface area contributed by atoms with Crippen LogP contribution >= 0.6 is 0 Å². The minimum Gasteiger partial charge on any atom is -0.386 e. The van der Waals surface area contributed by atoms with Crippen molar-refractivity contribution in [3.05, 3.63) is 22.8 Å². The zero-order valence-electron chi connectivity index (χ0n) is 7.15. The Bertz CT molecular complexity index is 251. The monoisotopic (exact) mass is 150 g/mol. The molecular formula is C10H14O. The SMILES string of the molecule is CC(C)(O)C1=C2CCC(=C1)C2. The topological polar surface area (TPSA) is 20.2 Å². The molecule has 2 rings (SSSR count). The Balaban J connectivity index is 2.37. The molecule has 0 radical (unpaired) electrons. The lowest BCUT2D eigenvalue weighted by Crippen LogP contribution is -2.21. The summed E-state index contributed by atoms with van der Waals surface area (Å²) in [5, 5.41) is 9.74. The van der Waals surface area contributed by atoms with Crippen molar-refractivity contribution in [2.24, 2.45) is 0 Å². The fourth-order valence-corrected chi connectivity index (χ4v) is 2.03. The molecule has 1 fully saturated rings. The second-order valence-corrected chi connectivity index (χ2v) is 4.06. The summed E-state index contributed by atoms with van der Waals surface area (Å²) in [7, 11) is 0. The van der Waals surface area contributed by atoms with Crippen molar-refractivity contribution in [3.8, 4) is 0 Å². The second kappa shape index (κ2) is 1.98. The quantitative estimate of drug-likeness (QED) is 0.607. The number of hydrogen-bond acceptors (Lipinski definition) is 1. The molecule has 2 aliphatic rings. The van der Waals surface area contributed by atoms with Gasteiger partial charge in [0.25, 0.3) is 0 Å². The van der Waals surface area contributed by atoms with Crippen molar-refractivity contribution in [2.45, 2.75) is 38.7 Å². The first-order valence-corrected chi connectivity index (χ1v) is 4.22. The lowest BCUT2D eigenvalue weighted by molar-refractivity contribution is 0.122. The van der Waals surface area contributed by atoms with Gasteiger partial charge in [0.15, 0.2) is 0 Å². The minimum absolute atomic E-state index is 0.614. The average Bonchev–Trinajstić information content (AvgIpc) is 2.42. The summed E-state index contributed by atoms with van der Waals surface area (Å²) < 4.78 is 0. The highest BCUT2D eigenvalue weighted by Gasteiger charge is 2.29. The standard InChI is InChI=1S/C10H14O/c1-10(2,11)9-6-7-3-4-8(9)5-7/h6,11H,3-5H2,1-2H3. The molecule has 11 heavy (non-hydrogen) atoms. The first-order valence-electron chi connectivity index (χ1n) is 4.22. The van der Waals surface area contributed by atoms with Crippen LogP contribution in [0.1, 0.15) is 33.1 Å². The molecule has 0 spiro atoms. The van der Waals surface area contributed by atoms with E-state index in [9.17, 15) is 5.11 Å². The van der Waals surface area contributed by atoms with Gasteiger partial charge in [-0.25, -0.2) is 0 Å². The molecular weight excluding hydrogens is 136 g/mol. The Labute approximate surface area is 67.4 Å². The van der Waals surface area contributed by atoms with E-state index < -0.39 is 5.60 Å². The summed E-state index contributed by atoms with van der Waals surface area (Å²) in [6, 6.07) is 0. The van der Waals surface area contributed by atoms with Gasteiger partial charge in [-0.15, -0.1) is 0 Å².